The number of nitrogens with zero attached hydrogens (tertiary/aromatic N) is 1. The zero-order valence-electron chi connectivity index (χ0n) is 12.6. The van der Waals surface area contributed by atoms with Crippen molar-refractivity contribution in [1.82, 2.24) is 4.98 Å². The van der Waals surface area contributed by atoms with Gasteiger partial charge in [-0.2, -0.15) is 0 Å². The molecule has 2 aromatic rings. The maximum atomic E-state index is 11.9. The van der Waals surface area contributed by atoms with Gasteiger partial charge in [-0.15, -0.1) is 24.0 Å². The average molecular weight is 339 g/mol. The third kappa shape index (κ3) is 4.14. The molecule has 1 heterocycles. The molecule has 0 unspecified atom stereocenters. The Kier molecular flexibility index (Phi) is 5.68. The second-order valence-electron chi connectivity index (χ2n) is 4.53. The van der Waals surface area contributed by atoms with E-state index in [1.165, 1.54) is 11.3 Å². The van der Waals surface area contributed by atoms with E-state index in [9.17, 15) is 4.79 Å². The van der Waals surface area contributed by atoms with Crippen molar-refractivity contribution in [3.8, 4) is 11.5 Å². The molecule has 1 aromatic carbocycles. The Labute approximate surface area is 138 Å². The summed E-state index contributed by atoms with van der Waals surface area (Å²) in [7, 11) is 3.14. The Morgan fingerprint density at radius 1 is 1.27 bits per heavy atom. The molecule has 118 valence electrons. The van der Waals surface area contributed by atoms with Crippen LogP contribution in [0.4, 0.5) is 0 Å². The van der Waals surface area contributed by atoms with Crippen LogP contribution < -0.4 is 9.47 Å². The number of carbonyl (C=O) groups is 1. The molecule has 0 fully saturated rings. The summed E-state index contributed by atoms with van der Waals surface area (Å²) in [5, 5.41) is 0. The van der Waals surface area contributed by atoms with Crippen molar-refractivity contribution in [2.24, 2.45) is 0 Å². The fourth-order valence-electron chi connectivity index (χ4n) is 1.89. The quantitative estimate of drug-likeness (QED) is 0.647. The molecule has 2 rings (SSSR count). The summed E-state index contributed by atoms with van der Waals surface area (Å²) in [5.74, 6) is 0.947. The highest BCUT2D eigenvalue weighted by atomic mass is 32.2. The monoisotopic (exact) mass is 339 g/mol. The highest BCUT2D eigenvalue weighted by molar-refractivity contribution is 7.82. The summed E-state index contributed by atoms with van der Waals surface area (Å²) in [5.41, 5.74) is 1.65. The maximum absolute atomic E-state index is 11.9. The van der Waals surface area contributed by atoms with Crippen LogP contribution in [0.3, 0.4) is 0 Å². The van der Waals surface area contributed by atoms with Crippen LogP contribution in [-0.2, 0) is 22.6 Å². The van der Waals surface area contributed by atoms with Crippen molar-refractivity contribution < 1.29 is 19.0 Å². The number of hydrogen-bond donors (Lipinski definition) is 1. The van der Waals surface area contributed by atoms with E-state index >= 15 is 0 Å². The van der Waals surface area contributed by atoms with Gasteiger partial charge in [-0.05, 0) is 24.6 Å². The number of carbonyl (C=O) groups excluding carboxylic acids is 1. The number of aromatic nitrogens is 1. The summed E-state index contributed by atoms with van der Waals surface area (Å²) in [6, 6.07) is 5.40. The molecule has 0 aliphatic heterocycles. The number of thiol groups is 1. The van der Waals surface area contributed by atoms with Crippen LogP contribution in [0.1, 0.15) is 16.1 Å². The number of ether oxygens (including phenoxy) is 3. The molecule has 0 atom stereocenters. The summed E-state index contributed by atoms with van der Waals surface area (Å²) >= 11 is 5.57. The largest absolute Gasteiger partial charge is 0.493 e. The molecule has 0 bridgehead atoms. The maximum Gasteiger partial charge on any atom is 0.311 e. The first-order chi connectivity index (χ1) is 10.5. The minimum absolute atomic E-state index is 0.185. The molecule has 1 aromatic heterocycles. The van der Waals surface area contributed by atoms with Gasteiger partial charge in [0, 0.05) is 4.88 Å². The third-order valence-corrected chi connectivity index (χ3v) is 4.37. The van der Waals surface area contributed by atoms with E-state index in [0.29, 0.717) is 15.8 Å². The zero-order chi connectivity index (χ0) is 16.1. The topological polar surface area (TPSA) is 57.7 Å². The van der Waals surface area contributed by atoms with Gasteiger partial charge < -0.3 is 14.2 Å². The molecule has 0 aliphatic rings. The lowest BCUT2D eigenvalue weighted by Gasteiger charge is -2.10. The number of rotatable bonds is 6. The van der Waals surface area contributed by atoms with Crippen molar-refractivity contribution in [1.29, 1.82) is 0 Å². The smallest absolute Gasteiger partial charge is 0.311 e. The average Bonchev–Trinajstić information content (AvgIpc) is 2.82. The van der Waals surface area contributed by atoms with Gasteiger partial charge in [0.15, 0.2) is 11.5 Å². The van der Waals surface area contributed by atoms with Gasteiger partial charge in [-0.3, -0.25) is 4.79 Å². The normalized spacial score (nSPS) is 10.4. The Morgan fingerprint density at radius 2 is 2.00 bits per heavy atom. The minimum Gasteiger partial charge on any atom is -0.493 e. The minimum atomic E-state index is -0.296. The molecule has 0 saturated heterocycles. The lowest BCUT2D eigenvalue weighted by molar-refractivity contribution is -0.144. The summed E-state index contributed by atoms with van der Waals surface area (Å²) < 4.78 is 16.3. The van der Waals surface area contributed by atoms with Gasteiger partial charge in [0.05, 0.1) is 26.3 Å². The fourth-order valence-corrected chi connectivity index (χ4v) is 3.16. The van der Waals surface area contributed by atoms with Crippen LogP contribution in [-0.4, -0.2) is 25.2 Å². The molecule has 0 saturated carbocycles. The van der Waals surface area contributed by atoms with Crippen molar-refractivity contribution in [3.63, 3.8) is 0 Å². The highest BCUT2D eigenvalue weighted by Crippen LogP contribution is 2.28. The zero-order valence-corrected chi connectivity index (χ0v) is 14.3. The first-order valence-electron chi connectivity index (χ1n) is 6.55. The van der Waals surface area contributed by atoms with Crippen LogP contribution in [0.2, 0.25) is 0 Å². The number of benzene rings is 1. The molecule has 5 nitrogen and oxygen atoms in total. The van der Waals surface area contributed by atoms with Gasteiger partial charge in [-0.1, -0.05) is 6.07 Å². The SMILES string of the molecule is COc1ccc(COC(=O)Cc2sc(S)nc2C)cc1OC. The summed E-state index contributed by atoms with van der Waals surface area (Å²) in [6.07, 6.45) is 0.206. The van der Waals surface area contributed by atoms with Crippen molar-refractivity contribution in [2.75, 3.05) is 14.2 Å². The van der Waals surface area contributed by atoms with E-state index in [2.05, 4.69) is 17.6 Å². The molecule has 0 amide bonds. The van der Waals surface area contributed by atoms with Gasteiger partial charge in [0.1, 0.15) is 10.9 Å². The number of thiazole rings is 1. The second-order valence-corrected chi connectivity index (χ2v) is 6.34. The van der Waals surface area contributed by atoms with Gasteiger partial charge >= 0.3 is 5.97 Å². The van der Waals surface area contributed by atoms with Crippen molar-refractivity contribution >= 4 is 29.9 Å². The standard InChI is InChI=1S/C15H17NO4S2/c1-9-13(22-15(21)16-9)7-14(17)20-8-10-4-5-11(18-2)12(6-10)19-3/h4-6H,7-8H2,1-3H3,(H,16,21). The van der Waals surface area contributed by atoms with Crippen LogP contribution in [0.15, 0.2) is 22.5 Å². The van der Waals surface area contributed by atoms with E-state index in [1.54, 1.807) is 26.4 Å². The predicted octanol–water partition coefficient (Wildman–Crippen LogP) is 3.04. The molecular formula is C15H17NO4S2. The Bertz CT molecular complexity index is 670. The number of esters is 1. The van der Waals surface area contributed by atoms with E-state index in [-0.39, 0.29) is 19.0 Å². The van der Waals surface area contributed by atoms with Gasteiger partial charge in [0.25, 0.3) is 0 Å². The van der Waals surface area contributed by atoms with Crippen molar-refractivity contribution in [3.05, 3.63) is 34.3 Å². The van der Waals surface area contributed by atoms with E-state index in [1.807, 2.05) is 13.0 Å². The Balaban J connectivity index is 1.95. The van der Waals surface area contributed by atoms with Crippen molar-refractivity contribution in [2.45, 2.75) is 24.3 Å². The fraction of sp³-hybridized carbons (Fsp3) is 0.333. The molecule has 22 heavy (non-hydrogen) atoms. The predicted molar refractivity (Wildman–Crippen MR) is 87.1 cm³/mol. The lowest BCUT2D eigenvalue weighted by Crippen LogP contribution is -2.08. The molecular weight excluding hydrogens is 322 g/mol. The number of hydrogen-bond acceptors (Lipinski definition) is 7. The lowest BCUT2D eigenvalue weighted by atomic mass is 10.2. The highest BCUT2D eigenvalue weighted by Gasteiger charge is 2.12. The number of methoxy groups -OCH3 is 2. The van der Waals surface area contributed by atoms with Crippen LogP contribution in [0, 0.1) is 6.92 Å². The first-order valence-corrected chi connectivity index (χ1v) is 7.81. The van der Waals surface area contributed by atoms with E-state index in [0.717, 1.165) is 16.1 Å². The Morgan fingerprint density at radius 3 is 2.59 bits per heavy atom. The second kappa shape index (κ2) is 7.51. The number of aryl methyl sites for hydroxylation is 1. The molecule has 0 radical (unpaired) electrons. The van der Waals surface area contributed by atoms with Crippen LogP contribution in [0.5, 0.6) is 11.5 Å². The molecule has 7 heteroatoms. The van der Waals surface area contributed by atoms with Crippen LogP contribution >= 0.6 is 24.0 Å². The first kappa shape index (κ1) is 16.6. The van der Waals surface area contributed by atoms with Gasteiger partial charge in [-0.25, -0.2) is 4.98 Å². The third-order valence-electron chi connectivity index (χ3n) is 3.03. The molecule has 0 spiro atoms. The van der Waals surface area contributed by atoms with Crippen LogP contribution in [0.25, 0.3) is 0 Å². The summed E-state index contributed by atoms with van der Waals surface area (Å²) in [6.45, 7) is 2.04. The van der Waals surface area contributed by atoms with Gasteiger partial charge in [0.2, 0.25) is 0 Å². The van der Waals surface area contributed by atoms with E-state index in [4.69, 9.17) is 14.2 Å². The van der Waals surface area contributed by atoms with E-state index < -0.39 is 0 Å². The summed E-state index contributed by atoms with van der Waals surface area (Å²) in [4.78, 5) is 16.9. The molecule has 0 N–H and O–H groups in total. The Hall–Kier alpha value is -1.73. The molecule has 0 aliphatic carbocycles.